The number of aryl methyl sites for hydroxylation is 2. The number of carbonyl (C=O) groups excluding carboxylic acids is 3. The zero-order valence-electron chi connectivity index (χ0n) is 18.3. The predicted octanol–water partition coefficient (Wildman–Crippen LogP) is 2.70. The molecule has 1 aromatic heterocycles. The third-order valence-electron chi connectivity index (χ3n) is 6.28. The molecule has 2 aromatic carbocycles. The summed E-state index contributed by atoms with van der Waals surface area (Å²) in [6, 6.07) is 12.9. The van der Waals surface area contributed by atoms with Crippen LogP contribution in [0.4, 0.5) is 0 Å². The van der Waals surface area contributed by atoms with Crippen LogP contribution >= 0.6 is 0 Å². The van der Waals surface area contributed by atoms with Crippen LogP contribution in [0.2, 0.25) is 0 Å². The number of imide groups is 1. The molecule has 1 atom stereocenters. The monoisotopic (exact) mass is 439 g/mol. The number of amides is 3. The summed E-state index contributed by atoms with van der Waals surface area (Å²) in [6.07, 6.45) is 2.25. The summed E-state index contributed by atoms with van der Waals surface area (Å²) in [5.74, 6) is -0.945. The highest BCUT2D eigenvalue weighted by molar-refractivity contribution is 6.05. The molecule has 0 spiro atoms. The van der Waals surface area contributed by atoms with E-state index in [0.29, 0.717) is 29.8 Å². The van der Waals surface area contributed by atoms with E-state index in [2.05, 4.69) is 16.4 Å². The van der Waals surface area contributed by atoms with Crippen molar-refractivity contribution >= 4 is 17.7 Å². The molecule has 0 aliphatic carbocycles. The Kier molecular flexibility index (Phi) is 4.82. The Morgan fingerprint density at radius 1 is 1.12 bits per heavy atom. The zero-order chi connectivity index (χ0) is 23.3. The number of hydrogen-bond acceptors (Lipinski definition) is 5. The number of nitrogens with one attached hydrogen (secondary N) is 1. The average molecular weight is 439 g/mol. The van der Waals surface area contributed by atoms with Crippen LogP contribution in [0.15, 0.2) is 42.7 Å². The summed E-state index contributed by atoms with van der Waals surface area (Å²) in [4.78, 5) is 42.9. The van der Waals surface area contributed by atoms with Crippen LogP contribution in [-0.4, -0.2) is 38.2 Å². The Hall–Kier alpha value is -4.25. The lowest BCUT2D eigenvalue weighted by Crippen LogP contribution is -2.52. The Morgan fingerprint density at radius 2 is 1.91 bits per heavy atom. The van der Waals surface area contributed by atoms with Crippen LogP contribution < -0.4 is 5.32 Å². The van der Waals surface area contributed by atoms with Crippen molar-refractivity contribution in [1.82, 2.24) is 19.8 Å². The van der Waals surface area contributed by atoms with Crippen LogP contribution in [-0.2, 0) is 23.2 Å². The van der Waals surface area contributed by atoms with E-state index in [1.807, 2.05) is 48.9 Å². The van der Waals surface area contributed by atoms with E-state index in [0.717, 1.165) is 27.9 Å². The summed E-state index contributed by atoms with van der Waals surface area (Å²) < 4.78 is 1.88. The standard InChI is InChI=1S/C25H21N5O3/c1-14-3-5-18(16(9-14)11-26)23-22(27-13-29(23)2)15-4-6-19-17(10-15)12-30(25(19)33)20-7-8-21(31)28-24(20)32/h3-6,9-10,13,20H,7-8,12H2,1-2H3,(H,28,31,32). The van der Waals surface area contributed by atoms with Crippen molar-refractivity contribution in [3.8, 4) is 28.6 Å². The highest BCUT2D eigenvalue weighted by atomic mass is 16.2. The lowest BCUT2D eigenvalue weighted by Gasteiger charge is -2.29. The molecule has 2 aliphatic rings. The molecule has 3 heterocycles. The maximum absolute atomic E-state index is 13.0. The molecule has 0 radical (unpaired) electrons. The second-order valence-electron chi connectivity index (χ2n) is 8.49. The van der Waals surface area contributed by atoms with E-state index in [-0.39, 0.29) is 18.2 Å². The van der Waals surface area contributed by atoms with Crippen LogP contribution in [0, 0.1) is 18.3 Å². The summed E-state index contributed by atoms with van der Waals surface area (Å²) in [6.45, 7) is 2.24. The maximum Gasteiger partial charge on any atom is 0.255 e. The number of hydrogen-bond donors (Lipinski definition) is 1. The fourth-order valence-corrected chi connectivity index (χ4v) is 4.64. The van der Waals surface area contributed by atoms with Crippen molar-refractivity contribution in [3.05, 3.63) is 65.0 Å². The second-order valence-corrected chi connectivity index (χ2v) is 8.49. The average Bonchev–Trinajstić information content (AvgIpc) is 3.33. The van der Waals surface area contributed by atoms with Crippen LogP contribution in [0.25, 0.3) is 22.5 Å². The number of nitriles is 1. The SMILES string of the molecule is Cc1ccc(-c2c(-c3ccc4c(c3)CN(C3CCC(=O)NC3=O)C4=O)ncn2C)c(C#N)c1. The molecule has 1 unspecified atom stereocenters. The van der Waals surface area contributed by atoms with E-state index in [1.54, 1.807) is 12.4 Å². The van der Waals surface area contributed by atoms with Crippen molar-refractivity contribution < 1.29 is 14.4 Å². The Labute approximate surface area is 190 Å². The van der Waals surface area contributed by atoms with Crippen molar-refractivity contribution in [2.24, 2.45) is 7.05 Å². The zero-order valence-corrected chi connectivity index (χ0v) is 18.3. The van der Waals surface area contributed by atoms with Crippen LogP contribution in [0.5, 0.6) is 0 Å². The van der Waals surface area contributed by atoms with Gasteiger partial charge in [0.1, 0.15) is 6.04 Å². The number of rotatable bonds is 3. The summed E-state index contributed by atoms with van der Waals surface area (Å²) in [5, 5.41) is 12.0. The first-order valence-electron chi connectivity index (χ1n) is 10.7. The smallest absolute Gasteiger partial charge is 0.255 e. The molecule has 3 aromatic rings. The summed E-state index contributed by atoms with van der Waals surface area (Å²) >= 11 is 0. The molecule has 8 nitrogen and oxygen atoms in total. The Balaban J connectivity index is 1.52. The van der Waals surface area contributed by atoms with Gasteiger partial charge in [-0.3, -0.25) is 19.7 Å². The van der Waals surface area contributed by atoms with Crippen molar-refractivity contribution in [2.75, 3.05) is 0 Å². The number of fused-ring (bicyclic) bond motifs is 1. The van der Waals surface area contributed by atoms with E-state index in [9.17, 15) is 19.6 Å². The maximum atomic E-state index is 13.0. The largest absolute Gasteiger partial charge is 0.333 e. The van der Waals surface area contributed by atoms with Gasteiger partial charge in [0, 0.05) is 36.7 Å². The van der Waals surface area contributed by atoms with Crippen LogP contribution in [0.3, 0.4) is 0 Å². The molecular weight excluding hydrogens is 418 g/mol. The van der Waals surface area contributed by atoms with Gasteiger partial charge >= 0.3 is 0 Å². The van der Waals surface area contributed by atoms with Gasteiger partial charge in [0.05, 0.1) is 29.3 Å². The van der Waals surface area contributed by atoms with Gasteiger partial charge in [-0.25, -0.2) is 4.98 Å². The van der Waals surface area contributed by atoms with Gasteiger partial charge in [0.25, 0.3) is 5.91 Å². The number of nitrogens with zero attached hydrogens (tertiary/aromatic N) is 4. The summed E-state index contributed by atoms with van der Waals surface area (Å²) in [7, 11) is 1.88. The molecule has 1 saturated heterocycles. The first-order chi connectivity index (χ1) is 15.9. The number of imidazole rings is 1. The fraction of sp³-hybridized carbons (Fsp3) is 0.240. The van der Waals surface area contributed by atoms with Gasteiger partial charge in [-0.05, 0) is 42.7 Å². The predicted molar refractivity (Wildman–Crippen MR) is 120 cm³/mol. The number of piperidine rings is 1. The molecule has 5 rings (SSSR count). The minimum Gasteiger partial charge on any atom is -0.333 e. The number of benzene rings is 2. The number of carbonyl (C=O) groups is 3. The normalized spacial score (nSPS) is 17.7. The third kappa shape index (κ3) is 3.38. The molecule has 33 heavy (non-hydrogen) atoms. The molecular formula is C25H21N5O3. The van der Waals surface area contributed by atoms with E-state index < -0.39 is 11.9 Å². The van der Waals surface area contributed by atoms with Gasteiger partial charge in [-0.1, -0.05) is 18.2 Å². The topological polar surface area (TPSA) is 108 Å². The van der Waals surface area contributed by atoms with Gasteiger partial charge < -0.3 is 9.47 Å². The number of aromatic nitrogens is 2. The lowest BCUT2D eigenvalue weighted by atomic mass is 9.97. The van der Waals surface area contributed by atoms with Gasteiger partial charge in [-0.2, -0.15) is 5.26 Å². The van der Waals surface area contributed by atoms with Gasteiger partial charge in [0.2, 0.25) is 11.8 Å². The van der Waals surface area contributed by atoms with Crippen molar-refractivity contribution in [1.29, 1.82) is 5.26 Å². The lowest BCUT2D eigenvalue weighted by molar-refractivity contribution is -0.136. The summed E-state index contributed by atoms with van der Waals surface area (Å²) in [5.41, 5.74) is 6.08. The van der Waals surface area contributed by atoms with Crippen LogP contribution in [0.1, 0.15) is 39.9 Å². The fourth-order valence-electron chi connectivity index (χ4n) is 4.64. The molecule has 8 heteroatoms. The van der Waals surface area contributed by atoms with Gasteiger partial charge in [0.15, 0.2) is 0 Å². The molecule has 1 fully saturated rings. The molecule has 164 valence electrons. The minimum absolute atomic E-state index is 0.211. The van der Waals surface area contributed by atoms with E-state index >= 15 is 0 Å². The molecule has 0 saturated carbocycles. The first kappa shape index (κ1) is 20.6. The van der Waals surface area contributed by atoms with E-state index in [1.165, 1.54) is 4.90 Å². The first-order valence-corrected chi connectivity index (χ1v) is 10.7. The minimum atomic E-state index is -0.651. The quantitative estimate of drug-likeness (QED) is 0.632. The third-order valence-corrected chi connectivity index (χ3v) is 6.28. The Morgan fingerprint density at radius 3 is 2.67 bits per heavy atom. The molecule has 1 N–H and O–H groups in total. The molecule has 0 bridgehead atoms. The molecule has 2 aliphatic heterocycles. The van der Waals surface area contributed by atoms with Gasteiger partial charge in [-0.15, -0.1) is 0 Å². The molecule has 3 amide bonds. The van der Waals surface area contributed by atoms with E-state index in [4.69, 9.17) is 0 Å². The van der Waals surface area contributed by atoms with Crippen molar-refractivity contribution in [3.63, 3.8) is 0 Å². The second kappa shape index (κ2) is 7.71. The van der Waals surface area contributed by atoms with Crippen molar-refractivity contribution in [2.45, 2.75) is 32.4 Å². The highest BCUT2D eigenvalue weighted by Crippen LogP contribution is 2.36. The highest BCUT2D eigenvalue weighted by Gasteiger charge is 2.39. The Bertz CT molecular complexity index is 1380.